The van der Waals surface area contributed by atoms with Gasteiger partial charge in [-0.2, -0.15) is 9.78 Å². The highest BCUT2D eigenvalue weighted by molar-refractivity contribution is 5.81. The molecule has 0 radical (unpaired) electrons. The molecule has 2 aromatic carbocycles. The number of ether oxygens (including phenoxy) is 2. The van der Waals surface area contributed by atoms with E-state index in [2.05, 4.69) is 5.10 Å². The SMILES string of the molecule is COc1cc(C=Nn2c(C3CCCCC3)nc3ccccc3c2=O)ccc1O[C@@H](C)C(=O)O. The van der Waals surface area contributed by atoms with Crippen LogP contribution in [0.1, 0.15) is 56.3 Å². The van der Waals surface area contributed by atoms with Crippen LogP contribution in [0.15, 0.2) is 52.4 Å². The van der Waals surface area contributed by atoms with Crippen LogP contribution in [0.5, 0.6) is 11.5 Å². The fraction of sp³-hybridized carbons (Fsp3) is 0.360. The molecule has 0 spiro atoms. The Hall–Kier alpha value is -3.68. The van der Waals surface area contributed by atoms with Crippen LogP contribution in [-0.4, -0.2) is 40.2 Å². The number of carboxylic acids is 1. The van der Waals surface area contributed by atoms with Crippen LogP contribution in [0, 0.1) is 0 Å². The minimum absolute atomic E-state index is 0.191. The van der Waals surface area contributed by atoms with Gasteiger partial charge in [0.05, 0.1) is 24.2 Å². The first-order valence-corrected chi connectivity index (χ1v) is 11.1. The van der Waals surface area contributed by atoms with Crippen molar-refractivity contribution in [2.45, 2.75) is 51.0 Å². The predicted molar refractivity (Wildman–Crippen MR) is 126 cm³/mol. The Balaban J connectivity index is 1.72. The summed E-state index contributed by atoms with van der Waals surface area (Å²) < 4.78 is 12.2. The molecule has 172 valence electrons. The van der Waals surface area contributed by atoms with Gasteiger partial charge in [0.2, 0.25) is 0 Å². The van der Waals surface area contributed by atoms with E-state index in [9.17, 15) is 9.59 Å². The van der Waals surface area contributed by atoms with Crippen molar-refractivity contribution in [2.24, 2.45) is 5.10 Å². The average Bonchev–Trinajstić information content (AvgIpc) is 2.84. The minimum atomic E-state index is -1.07. The summed E-state index contributed by atoms with van der Waals surface area (Å²) in [7, 11) is 1.48. The van der Waals surface area contributed by atoms with E-state index in [1.54, 1.807) is 30.5 Å². The molecule has 1 atom stereocenters. The van der Waals surface area contributed by atoms with Gasteiger partial charge < -0.3 is 14.6 Å². The smallest absolute Gasteiger partial charge is 0.344 e. The molecule has 1 aliphatic rings. The van der Waals surface area contributed by atoms with Gasteiger partial charge in [-0.1, -0.05) is 31.4 Å². The van der Waals surface area contributed by atoms with Gasteiger partial charge in [0.15, 0.2) is 17.6 Å². The number of carbonyl (C=O) groups is 1. The molecule has 1 fully saturated rings. The Morgan fingerprint density at radius 3 is 2.67 bits per heavy atom. The monoisotopic (exact) mass is 449 g/mol. The van der Waals surface area contributed by atoms with Crippen molar-refractivity contribution in [1.82, 2.24) is 9.66 Å². The van der Waals surface area contributed by atoms with E-state index in [4.69, 9.17) is 19.6 Å². The lowest BCUT2D eigenvalue weighted by Crippen LogP contribution is -2.25. The number of fused-ring (bicyclic) bond motifs is 1. The number of hydrogen-bond acceptors (Lipinski definition) is 6. The molecule has 0 unspecified atom stereocenters. The van der Waals surface area contributed by atoms with Gasteiger partial charge in [0.25, 0.3) is 5.56 Å². The van der Waals surface area contributed by atoms with Crippen molar-refractivity contribution >= 4 is 23.1 Å². The minimum Gasteiger partial charge on any atom is -0.493 e. The van der Waals surface area contributed by atoms with Gasteiger partial charge in [-0.05, 0) is 55.7 Å². The van der Waals surface area contributed by atoms with E-state index in [1.807, 2.05) is 18.2 Å². The molecule has 0 saturated heterocycles. The molecule has 33 heavy (non-hydrogen) atoms. The maximum Gasteiger partial charge on any atom is 0.344 e. The molecule has 0 amide bonds. The van der Waals surface area contributed by atoms with Crippen LogP contribution in [0.25, 0.3) is 10.9 Å². The fourth-order valence-electron chi connectivity index (χ4n) is 4.10. The molecular weight excluding hydrogens is 422 g/mol. The summed E-state index contributed by atoms with van der Waals surface area (Å²) in [5.41, 5.74) is 1.17. The predicted octanol–water partition coefficient (Wildman–Crippen LogP) is 4.19. The molecule has 0 aliphatic heterocycles. The number of aromatic nitrogens is 2. The average molecular weight is 450 g/mol. The van der Waals surface area contributed by atoms with Crippen LogP contribution in [0.3, 0.4) is 0 Å². The summed E-state index contributed by atoms with van der Waals surface area (Å²) in [5.74, 6) is 0.509. The molecular formula is C25H27N3O5. The first kappa shape index (κ1) is 22.5. The summed E-state index contributed by atoms with van der Waals surface area (Å²) in [6.07, 6.45) is 5.97. The summed E-state index contributed by atoms with van der Waals surface area (Å²) in [4.78, 5) is 29.2. The van der Waals surface area contributed by atoms with E-state index in [0.717, 1.165) is 25.7 Å². The zero-order valence-electron chi connectivity index (χ0n) is 18.7. The summed E-state index contributed by atoms with van der Waals surface area (Å²) in [6, 6.07) is 12.4. The number of methoxy groups -OCH3 is 1. The third-order valence-corrected chi connectivity index (χ3v) is 5.91. The lowest BCUT2D eigenvalue weighted by atomic mass is 9.88. The van der Waals surface area contributed by atoms with Gasteiger partial charge in [0.1, 0.15) is 5.82 Å². The normalized spacial score (nSPS) is 15.6. The summed E-state index contributed by atoms with van der Waals surface area (Å²) in [5, 5.41) is 14.1. The van der Waals surface area contributed by atoms with Crippen molar-refractivity contribution in [3.8, 4) is 11.5 Å². The Kier molecular flexibility index (Phi) is 6.72. The third kappa shape index (κ3) is 4.89. The molecule has 8 heteroatoms. The van der Waals surface area contributed by atoms with Crippen molar-refractivity contribution < 1.29 is 19.4 Å². The largest absolute Gasteiger partial charge is 0.493 e. The topological polar surface area (TPSA) is 103 Å². The van der Waals surface area contributed by atoms with E-state index in [1.165, 1.54) is 25.1 Å². The highest BCUT2D eigenvalue weighted by Gasteiger charge is 2.22. The first-order chi connectivity index (χ1) is 16.0. The number of benzene rings is 2. The molecule has 1 aromatic heterocycles. The fourth-order valence-corrected chi connectivity index (χ4v) is 4.10. The highest BCUT2D eigenvalue weighted by atomic mass is 16.5. The quantitative estimate of drug-likeness (QED) is 0.543. The van der Waals surface area contributed by atoms with Gasteiger partial charge in [-0.3, -0.25) is 4.79 Å². The van der Waals surface area contributed by atoms with Crippen LogP contribution in [-0.2, 0) is 4.79 Å². The molecule has 1 heterocycles. The number of hydrogen-bond donors (Lipinski definition) is 1. The van der Waals surface area contributed by atoms with E-state index < -0.39 is 12.1 Å². The highest BCUT2D eigenvalue weighted by Crippen LogP contribution is 2.32. The third-order valence-electron chi connectivity index (χ3n) is 5.91. The van der Waals surface area contributed by atoms with E-state index in [0.29, 0.717) is 33.8 Å². The van der Waals surface area contributed by atoms with Crippen molar-refractivity contribution in [2.75, 3.05) is 7.11 Å². The number of rotatable bonds is 7. The van der Waals surface area contributed by atoms with Gasteiger partial charge in [-0.15, -0.1) is 0 Å². The van der Waals surface area contributed by atoms with E-state index >= 15 is 0 Å². The lowest BCUT2D eigenvalue weighted by Gasteiger charge is -2.22. The molecule has 3 aromatic rings. The lowest BCUT2D eigenvalue weighted by molar-refractivity contribution is -0.144. The first-order valence-electron chi connectivity index (χ1n) is 11.1. The van der Waals surface area contributed by atoms with Crippen LogP contribution < -0.4 is 15.0 Å². The van der Waals surface area contributed by atoms with Gasteiger partial charge >= 0.3 is 5.97 Å². The summed E-state index contributed by atoms with van der Waals surface area (Å²) in [6.45, 7) is 1.45. The zero-order valence-corrected chi connectivity index (χ0v) is 18.7. The van der Waals surface area contributed by atoms with Crippen molar-refractivity contribution in [3.63, 3.8) is 0 Å². The molecule has 0 bridgehead atoms. The van der Waals surface area contributed by atoms with Crippen LogP contribution in [0.2, 0.25) is 0 Å². The number of nitrogens with zero attached hydrogens (tertiary/aromatic N) is 3. The molecule has 1 saturated carbocycles. The number of aliphatic carboxylic acids is 1. The second kappa shape index (κ2) is 9.85. The molecule has 1 aliphatic carbocycles. The second-order valence-electron chi connectivity index (χ2n) is 8.19. The van der Waals surface area contributed by atoms with Crippen LogP contribution >= 0.6 is 0 Å². The number of carboxylic acid groups (broad SMARTS) is 1. The maximum atomic E-state index is 13.3. The van der Waals surface area contributed by atoms with Crippen molar-refractivity contribution in [3.05, 3.63) is 64.2 Å². The summed E-state index contributed by atoms with van der Waals surface area (Å²) >= 11 is 0. The standard InChI is InChI=1S/C25H27N3O5/c1-16(25(30)31)33-21-13-12-17(14-22(21)32-2)15-26-28-23(18-8-4-3-5-9-18)27-20-11-7-6-10-19(20)24(28)29/h6-7,10-16,18H,3-5,8-9H2,1-2H3,(H,30,31)/t16-/m0/s1. The second-order valence-corrected chi connectivity index (χ2v) is 8.19. The van der Waals surface area contributed by atoms with Gasteiger partial charge in [-0.25, -0.2) is 9.78 Å². The van der Waals surface area contributed by atoms with Crippen LogP contribution in [0.4, 0.5) is 0 Å². The number of para-hydroxylation sites is 1. The maximum absolute atomic E-state index is 13.3. The van der Waals surface area contributed by atoms with Gasteiger partial charge in [0, 0.05) is 5.92 Å². The Bertz CT molecular complexity index is 1240. The van der Waals surface area contributed by atoms with E-state index in [-0.39, 0.29) is 11.5 Å². The molecule has 1 N–H and O–H groups in total. The molecule has 8 nitrogen and oxygen atoms in total. The Morgan fingerprint density at radius 2 is 1.94 bits per heavy atom. The Labute approximate surface area is 191 Å². The molecule has 4 rings (SSSR count). The Morgan fingerprint density at radius 1 is 1.18 bits per heavy atom. The van der Waals surface area contributed by atoms with Crippen molar-refractivity contribution in [1.29, 1.82) is 0 Å². The zero-order chi connectivity index (χ0) is 23.4.